The highest BCUT2D eigenvalue weighted by Crippen LogP contribution is 2.10. The number of H-pyrrole nitrogens is 1. The van der Waals surface area contributed by atoms with E-state index < -0.39 is 0 Å². The van der Waals surface area contributed by atoms with E-state index in [2.05, 4.69) is 16.9 Å². The molecule has 74 valence electrons. The number of nitrogens with one attached hydrogen (secondary N) is 1. The highest BCUT2D eigenvalue weighted by atomic mass is 16.5. The topological polar surface area (TPSA) is 37.9 Å². The zero-order valence-electron chi connectivity index (χ0n) is 8.29. The molecule has 0 amide bonds. The van der Waals surface area contributed by atoms with Gasteiger partial charge in [-0.3, -0.25) is 0 Å². The van der Waals surface area contributed by atoms with Crippen LogP contribution in [-0.2, 0) is 11.3 Å². The molecule has 0 bridgehead atoms. The largest absolute Gasteiger partial charge is 0.374 e. The van der Waals surface area contributed by atoms with Crippen molar-refractivity contribution in [1.29, 1.82) is 0 Å². The molecular formula is C11H14N2O. The molecular weight excluding hydrogens is 176 g/mol. The van der Waals surface area contributed by atoms with Crippen LogP contribution in [0.5, 0.6) is 0 Å². The van der Waals surface area contributed by atoms with Crippen LogP contribution in [0.15, 0.2) is 24.3 Å². The molecule has 0 aliphatic rings. The van der Waals surface area contributed by atoms with Gasteiger partial charge in [0.05, 0.1) is 11.0 Å². The van der Waals surface area contributed by atoms with Gasteiger partial charge >= 0.3 is 0 Å². The van der Waals surface area contributed by atoms with Gasteiger partial charge in [0, 0.05) is 6.61 Å². The van der Waals surface area contributed by atoms with E-state index in [0.717, 1.165) is 29.9 Å². The number of benzene rings is 1. The lowest BCUT2D eigenvalue weighted by molar-refractivity contribution is 0.117. The SMILES string of the molecule is CCCOCc1nc2ccccc2[nH]1. The first-order valence-electron chi connectivity index (χ1n) is 4.91. The van der Waals surface area contributed by atoms with Crippen LogP contribution in [0, 0.1) is 0 Å². The Morgan fingerprint density at radius 1 is 1.36 bits per heavy atom. The van der Waals surface area contributed by atoms with Gasteiger partial charge < -0.3 is 9.72 Å². The van der Waals surface area contributed by atoms with Crippen LogP contribution in [0.2, 0.25) is 0 Å². The maximum Gasteiger partial charge on any atom is 0.133 e. The Kier molecular flexibility index (Phi) is 2.79. The van der Waals surface area contributed by atoms with Crippen molar-refractivity contribution in [2.45, 2.75) is 20.0 Å². The molecule has 3 heteroatoms. The van der Waals surface area contributed by atoms with Crippen LogP contribution in [0.1, 0.15) is 19.2 Å². The van der Waals surface area contributed by atoms with Gasteiger partial charge in [-0.05, 0) is 18.6 Å². The average Bonchev–Trinajstić information content (AvgIpc) is 2.60. The van der Waals surface area contributed by atoms with Crippen molar-refractivity contribution in [1.82, 2.24) is 9.97 Å². The lowest BCUT2D eigenvalue weighted by Crippen LogP contribution is -1.95. The zero-order chi connectivity index (χ0) is 9.80. The Morgan fingerprint density at radius 2 is 2.21 bits per heavy atom. The monoisotopic (exact) mass is 190 g/mol. The van der Waals surface area contributed by atoms with E-state index in [1.54, 1.807) is 0 Å². The van der Waals surface area contributed by atoms with Crippen LogP contribution >= 0.6 is 0 Å². The fourth-order valence-corrected chi connectivity index (χ4v) is 1.39. The summed E-state index contributed by atoms with van der Waals surface area (Å²) in [5, 5.41) is 0. The van der Waals surface area contributed by atoms with Crippen LogP contribution in [-0.4, -0.2) is 16.6 Å². The summed E-state index contributed by atoms with van der Waals surface area (Å²) in [4.78, 5) is 7.62. The van der Waals surface area contributed by atoms with E-state index in [9.17, 15) is 0 Å². The smallest absolute Gasteiger partial charge is 0.133 e. The summed E-state index contributed by atoms with van der Waals surface area (Å²) >= 11 is 0. The minimum atomic E-state index is 0.572. The van der Waals surface area contributed by atoms with Crippen LogP contribution in [0.4, 0.5) is 0 Å². The molecule has 0 atom stereocenters. The van der Waals surface area contributed by atoms with E-state index in [0.29, 0.717) is 6.61 Å². The van der Waals surface area contributed by atoms with Crippen molar-refractivity contribution >= 4 is 11.0 Å². The molecule has 0 radical (unpaired) electrons. The standard InChI is InChI=1S/C11H14N2O/c1-2-7-14-8-11-12-9-5-3-4-6-10(9)13-11/h3-6H,2,7-8H2,1H3,(H,12,13). The molecule has 0 fully saturated rings. The van der Waals surface area contributed by atoms with Gasteiger partial charge in [0.2, 0.25) is 0 Å². The number of nitrogens with zero attached hydrogens (tertiary/aromatic N) is 1. The van der Waals surface area contributed by atoms with Crippen LogP contribution in [0.3, 0.4) is 0 Å². The Labute approximate surface area is 83.1 Å². The minimum Gasteiger partial charge on any atom is -0.374 e. The van der Waals surface area contributed by atoms with E-state index in [4.69, 9.17) is 4.74 Å². The van der Waals surface area contributed by atoms with E-state index in [1.807, 2.05) is 24.3 Å². The second-order valence-electron chi connectivity index (χ2n) is 3.25. The van der Waals surface area contributed by atoms with Gasteiger partial charge in [0.15, 0.2) is 0 Å². The van der Waals surface area contributed by atoms with Crippen molar-refractivity contribution < 1.29 is 4.74 Å². The van der Waals surface area contributed by atoms with Crippen LogP contribution in [0.25, 0.3) is 11.0 Å². The maximum absolute atomic E-state index is 5.40. The molecule has 1 aromatic heterocycles. The molecule has 1 aromatic carbocycles. The van der Waals surface area contributed by atoms with Crippen molar-refractivity contribution in [2.24, 2.45) is 0 Å². The predicted molar refractivity (Wildman–Crippen MR) is 56.0 cm³/mol. The highest BCUT2D eigenvalue weighted by molar-refractivity contribution is 5.74. The molecule has 3 nitrogen and oxygen atoms in total. The summed E-state index contributed by atoms with van der Waals surface area (Å²) in [6, 6.07) is 8.00. The Balaban J connectivity index is 2.11. The zero-order valence-corrected chi connectivity index (χ0v) is 8.29. The number of aromatic amines is 1. The second kappa shape index (κ2) is 4.24. The summed E-state index contributed by atoms with van der Waals surface area (Å²) in [6.07, 6.45) is 1.04. The molecule has 14 heavy (non-hydrogen) atoms. The molecule has 2 aromatic rings. The molecule has 0 saturated carbocycles. The Bertz CT molecular complexity index is 375. The van der Waals surface area contributed by atoms with Crippen molar-refractivity contribution in [3.8, 4) is 0 Å². The van der Waals surface area contributed by atoms with Crippen LogP contribution < -0.4 is 0 Å². The van der Waals surface area contributed by atoms with Gasteiger partial charge in [-0.15, -0.1) is 0 Å². The lowest BCUT2D eigenvalue weighted by Gasteiger charge is -1.97. The summed E-state index contributed by atoms with van der Waals surface area (Å²) in [6.45, 7) is 3.46. The number of para-hydroxylation sites is 2. The lowest BCUT2D eigenvalue weighted by atomic mass is 10.3. The predicted octanol–water partition coefficient (Wildman–Crippen LogP) is 2.49. The molecule has 0 aliphatic carbocycles. The Hall–Kier alpha value is -1.35. The molecule has 1 heterocycles. The molecule has 0 unspecified atom stereocenters. The van der Waals surface area contributed by atoms with Crippen molar-refractivity contribution in [3.05, 3.63) is 30.1 Å². The second-order valence-corrected chi connectivity index (χ2v) is 3.25. The van der Waals surface area contributed by atoms with Crippen molar-refractivity contribution in [2.75, 3.05) is 6.61 Å². The summed E-state index contributed by atoms with van der Waals surface area (Å²) in [5.41, 5.74) is 2.07. The van der Waals surface area contributed by atoms with Gasteiger partial charge in [0.25, 0.3) is 0 Å². The number of aromatic nitrogens is 2. The quantitative estimate of drug-likeness (QED) is 0.752. The Morgan fingerprint density at radius 3 is 3.00 bits per heavy atom. The van der Waals surface area contributed by atoms with Gasteiger partial charge in [-0.2, -0.15) is 0 Å². The van der Waals surface area contributed by atoms with E-state index in [-0.39, 0.29) is 0 Å². The first-order valence-corrected chi connectivity index (χ1v) is 4.91. The highest BCUT2D eigenvalue weighted by Gasteiger charge is 2.00. The molecule has 1 N–H and O–H groups in total. The molecule has 0 saturated heterocycles. The van der Waals surface area contributed by atoms with Gasteiger partial charge in [0.1, 0.15) is 12.4 Å². The third kappa shape index (κ3) is 1.93. The van der Waals surface area contributed by atoms with E-state index in [1.165, 1.54) is 0 Å². The number of fused-ring (bicyclic) bond motifs is 1. The number of imidazole rings is 1. The molecule has 0 spiro atoms. The number of hydrogen-bond acceptors (Lipinski definition) is 2. The summed E-state index contributed by atoms with van der Waals surface area (Å²) in [5.74, 6) is 0.902. The summed E-state index contributed by atoms with van der Waals surface area (Å²) < 4.78 is 5.40. The fourth-order valence-electron chi connectivity index (χ4n) is 1.39. The van der Waals surface area contributed by atoms with Crippen molar-refractivity contribution in [3.63, 3.8) is 0 Å². The number of ether oxygens (including phenoxy) is 1. The number of hydrogen-bond donors (Lipinski definition) is 1. The third-order valence-electron chi connectivity index (χ3n) is 2.03. The fraction of sp³-hybridized carbons (Fsp3) is 0.364. The average molecular weight is 190 g/mol. The van der Waals surface area contributed by atoms with E-state index >= 15 is 0 Å². The molecule has 2 rings (SSSR count). The van der Waals surface area contributed by atoms with Gasteiger partial charge in [-0.1, -0.05) is 19.1 Å². The minimum absolute atomic E-state index is 0.572. The third-order valence-corrected chi connectivity index (χ3v) is 2.03. The first kappa shape index (κ1) is 9.21. The molecule has 0 aliphatic heterocycles. The number of rotatable bonds is 4. The maximum atomic E-state index is 5.40. The normalized spacial score (nSPS) is 10.9. The van der Waals surface area contributed by atoms with Gasteiger partial charge in [-0.25, -0.2) is 4.98 Å². The first-order chi connectivity index (χ1) is 6.90. The summed E-state index contributed by atoms with van der Waals surface area (Å²) in [7, 11) is 0.